The highest BCUT2D eigenvalue weighted by molar-refractivity contribution is 5.51. The van der Waals surface area contributed by atoms with E-state index in [2.05, 4.69) is 0 Å². The Morgan fingerprint density at radius 3 is 2.47 bits per heavy atom. The number of benzene rings is 1. The first-order valence-corrected chi connectivity index (χ1v) is 6.39. The zero-order valence-corrected chi connectivity index (χ0v) is 11.7. The first-order valence-electron chi connectivity index (χ1n) is 6.39. The number of hydrogen-bond donors (Lipinski definition) is 1. The molecule has 0 fully saturated rings. The van der Waals surface area contributed by atoms with E-state index in [0.29, 0.717) is 25.5 Å². The Hall–Kier alpha value is -1.46. The smallest absolute Gasteiger partial charge is 0.231 e. The minimum Gasteiger partial charge on any atom is -0.491 e. The van der Waals surface area contributed by atoms with Crippen LogP contribution in [0.5, 0.6) is 17.2 Å². The molecule has 0 aromatic heterocycles. The van der Waals surface area contributed by atoms with Crippen molar-refractivity contribution in [3.8, 4) is 17.2 Å². The van der Waals surface area contributed by atoms with Crippen LogP contribution in [-0.4, -0.2) is 25.6 Å². The Kier molecular flexibility index (Phi) is 4.17. The summed E-state index contributed by atoms with van der Waals surface area (Å²) in [7, 11) is 0. The van der Waals surface area contributed by atoms with Crippen molar-refractivity contribution in [1.82, 2.24) is 0 Å². The van der Waals surface area contributed by atoms with Crippen LogP contribution in [0.15, 0.2) is 12.1 Å². The summed E-state index contributed by atoms with van der Waals surface area (Å²) in [5.74, 6) is 2.15. The van der Waals surface area contributed by atoms with Gasteiger partial charge in [-0.05, 0) is 26.8 Å². The molecular formula is C14H21NO4. The van der Waals surface area contributed by atoms with E-state index in [4.69, 9.17) is 24.7 Å². The maximum absolute atomic E-state index is 5.71. The van der Waals surface area contributed by atoms with Gasteiger partial charge in [-0.15, -0.1) is 0 Å². The van der Waals surface area contributed by atoms with Gasteiger partial charge in [0.1, 0.15) is 12.4 Å². The summed E-state index contributed by atoms with van der Waals surface area (Å²) in [4.78, 5) is 0. The van der Waals surface area contributed by atoms with Crippen molar-refractivity contribution in [2.45, 2.75) is 32.9 Å². The van der Waals surface area contributed by atoms with Crippen LogP contribution in [0.4, 0.5) is 0 Å². The zero-order chi connectivity index (χ0) is 13.9. The van der Waals surface area contributed by atoms with E-state index in [1.165, 1.54) is 0 Å². The molecule has 1 aliphatic heterocycles. The third kappa shape index (κ3) is 3.75. The molecule has 2 N–H and O–H groups in total. The average molecular weight is 267 g/mol. The number of hydrogen-bond acceptors (Lipinski definition) is 5. The molecule has 0 radical (unpaired) electrons. The molecule has 1 aromatic rings. The highest BCUT2D eigenvalue weighted by atomic mass is 16.7. The predicted molar refractivity (Wildman–Crippen MR) is 71.7 cm³/mol. The molecule has 1 aliphatic rings. The molecule has 1 aromatic carbocycles. The Labute approximate surface area is 113 Å². The van der Waals surface area contributed by atoms with E-state index >= 15 is 0 Å². The third-order valence-corrected chi connectivity index (χ3v) is 2.65. The Balaban J connectivity index is 1.96. The van der Waals surface area contributed by atoms with Gasteiger partial charge in [0, 0.05) is 18.2 Å². The van der Waals surface area contributed by atoms with Gasteiger partial charge in [-0.1, -0.05) is 0 Å². The molecule has 0 spiro atoms. The minimum atomic E-state index is -0.158. The largest absolute Gasteiger partial charge is 0.491 e. The number of nitrogens with two attached hydrogens (primary N) is 1. The molecule has 0 aliphatic carbocycles. The Morgan fingerprint density at radius 2 is 1.84 bits per heavy atom. The highest BCUT2D eigenvalue weighted by Gasteiger charge is 2.17. The van der Waals surface area contributed by atoms with Crippen LogP contribution in [0.1, 0.15) is 26.3 Å². The van der Waals surface area contributed by atoms with Gasteiger partial charge >= 0.3 is 0 Å². The van der Waals surface area contributed by atoms with Crippen molar-refractivity contribution in [2.75, 3.05) is 20.0 Å². The van der Waals surface area contributed by atoms with Crippen LogP contribution >= 0.6 is 0 Å². The van der Waals surface area contributed by atoms with E-state index < -0.39 is 0 Å². The van der Waals surface area contributed by atoms with Crippen LogP contribution in [0, 0.1) is 0 Å². The quantitative estimate of drug-likeness (QED) is 0.827. The molecule has 19 heavy (non-hydrogen) atoms. The van der Waals surface area contributed by atoms with E-state index in [9.17, 15) is 0 Å². The van der Waals surface area contributed by atoms with Crippen molar-refractivity contribution in [2.24, 2.45) is 5.73 Å². The molecule has 1 heterocycles. The van der Waals surface area contributed by atoms with Gasteiger partial charge in [0.2, 0.25) is 6.79 Å². The maximum atomic E-state index is 5.71. The van der Waals surface area contributed by atoms with E-state index in [-0.39, 0.29) is 12.4 Å². The standard InChI is InChI=1S/C14H21NO4/c1-14(2,3)19-5-4-16-11-7-13-12(17-9-18-13)6-10(11)8-15/h6-7H,4-5,8-9,15H2,1-3H3. The molecule has 5 heteroatoms. The van der Waals surface area contributed by atoms with E-state index in [1.54, 1.807) is 0 Å². The number of rotatable bonds is 5. The van der Waals surface area contributed by atoms with E-state index in [0.717, 1.165) is 17.1 Å². The second-order valence-corrected chi connectivity index (χ2v) is 5.33. The van der Waals surface area contributed by atoms with Crippen molar-refractivity contribution in [3.63, 3.8) is 0 Å². The molecule has 5 nitrogen and oxygen atoms in total. The summed E-state index contributed by atoms with van der Waals surface area (Å²) in [6, 6.07) is 3.68. The lowest BCUT2D eigenvalue weighted by Crippen LogP contribution is -2.22. The van der Waals surface area contributed by atoms with Gasteiger partial charge < -0.3 is 24.7 Å². The summed E-state index contributed by atoms with van der Waals surface area (Å²) in [5.41, 5.74) is 6.46. The lowest BCUT2D eigenvalue weighted by molar-refractivity contribution is -0.0164. The van der Waals surface area contributed by atoms with Gasteiger partial charge in [-0.25, -0.2) is 0 Å². The van der Waals surface area contributed by atoms with Crippen molar-refractivity contribution >= 4 is 0 Å². The molecule has 0 amide bonds. The molecule has 0 atom stereocenters. The SMILES string of the molecule is CC(C)(C)OCCOc1cc2c(cc1CN)OCO2. The zero-order valence-electron chi connectivity index (χ0n) is 11.7. The Morgan fingerprint density at radius 1 is 1.16 bits per heavy atom. The molecule has 106 valence electrons. The summed E-state index contributed by atoms with van der Waals surface area (Å²) in [6.07, 6.45) is 0. The third-order valence-electron chi connectivity index (χ3n) is 2.65. The first-order chi connectivity index (χ1) is 8.99. The van der Waals surface area contributed by atoms with Gasteiger partial charge in [0.25, 0.3) is 0 Å². The van der Waals surface area contributed by atoms with Crippen molar-refractivity contribution in [1.29, 1.82) is 0 Å². The fraction of sp³-hybridized carbons (Fsp3) is 0.571. The predicted octanol–water partition coefficient (Wildman–Crippen LogP) is 2.07. The Bertz CT molecular complexity index is 440. The molecule has 0 saturated carbocycles. The van der Waals surface area contributed by atoms with Gasteiger partial charge in [0.15, 0.2) is 11.5 Å². The summed E-state index contributed by atoms with van der Waals surface area (Å²) < 4.78 is 21.9. The molecule has 2 rings (SSSR count). The number of fused-ring (bicyclic) bond motifs is 1. The van der Waals surface area contributed by atoms with Crippen LogP contribution in [0.25, 0.3) is 0 Å². The van der Waals surface area contributed by atoms with Gasteiger partial charge in [-0.3, -0.25) is 0 Å². The number of ether oxygens (including phenoxy) is 4. The lowest BCUT2D eigenvalue weighted by atomic mass is 10.2. The maximum Gasteiger partial charge on any atom is 0.231 e. The molecule has 0 saturated heterocycles. The van der Waals surface area contributed by atoms with Crippen LogP contribution in [-0.2, 0) is 11.3 Å². The summed E-state index contributed by atoms with van der Waals surface area (Å²) in [5, 5.41) is 0. The van der Waals surface area contributed by atoms with Gasteiger partial charge in [-0.2, -0.15) is 0 Å². The average Bonchev–Trinajstić information content (AvgIpc) is 2.79. The summed E-state index contributed by atoms with van der Waals surface area (Å²) in [6.45, 7) is 7.69. The first kappa shape index (κ1) is 14.0. The summed E-state index contributed by atoms with van der Waals surface area (Å²) >= 11 is 0. The lowest BCUT2D eigenvalue weighted by Gasteiger charge is -2.20. The van der Waals surface area contributed by atoms with Crippen LogP contribution in [0.3, 0.4) is 0 Å². The molecule has 0 unspecified atom stereocenters. The fourth-order valence-electron chi connectivity index (χ4n) is 1.76. The molecule has 0 bridgehead atoms. The normalized spacial score (nSPS) is 13.7. The van der Waals surface area contributed by atoms with Crippen LogP contribution in [0.2, 0.25) is 0 Å². The monoisotopic (exact) mass is 267 g/mol. The van der Waals surface area contributed by atoms with Crippen LogP contribution < -0.4 is 19.9 Å². The minimum absolute atomic E-state index is 0.158. The highest BCUT2D eigenvalue weighted by Crippen LogP contribution is 2.37. The fourth-order valence-corrected chi connectivity index (χ4v) is 1.76. The second kappa shape index (κ2) is 5.67. The molecular weight excluding hydrogens is 246 g/mol. The van der Waals surface area contributed by atoms with Gasteiger partial charge in [0.05, 0.1) is 12.2 Å². The van der Waals surface area contributed by atoms with Crippen molar-refractivity contribution in [3.05, 3.63) is 17.7 Å². The van der Waals surface area contributed by atoms with E-state index in [1.807, 2.05) is 32.9 Å². The topological polar surface area (TPSA) is 62.9 Å². The second-order valence-electron chi connectivity index (χ2n) is 5.33. The van der Waals surface area contributed by atoms with Crippen molar-refractivity contribution < 1.29 is 18.9 Å².